The smallest absolute Gasteiger partial charge is 0.00915 e. The quantitative estimate of drug-likeness (QED) is 0.579. The molecule has 2 rings (SSSR count). The van der Waals surface area contributed by atoms with Gasteiger partial charge in [-0.1, -0.05) is 68.2 Å². The minimum atomic E-state index is 0. The zero-order chi connectivity index (χ0) is 13.0. The lowest BCUT2D eigenvalue weighted by atomic mass is 9.89. The first kappa shape index (κ1) is 15.2. The van der Waals surface area contributed by atoms with E-state index in [0.717, 1.165) is 18.4 Å². The molecular formula is C19H24. The highest BCUT2D eigenvalue weighted by Crippen LogP contribution is 2.30. The van der Waals surface area contributed by atoms with Gasteiger partial charge in [0.25, 0.3) is 0 Å². The Morgan fingerprint density at radius 1 is 1.05 bits per heavy atom. The SMILES string of the molecule is C.C=C(C)C1=CCC=CC=C1/C(C)=C1/C=CC=CC1. The molecule has 2 aliphatic carbocycles. The molecule has 0 saturated heterocycles. The fourth-order valence-electron chi connectivity index (χ4n) is 2.32. The van der Waals surface area contributed by atoms with Crippen molar-refractivity contribution in [2.75, 3.05) is 0 Å². The van der Waals surface area contributed by atoms with Crippen LogP contribution in [0.15, 0.2) is 83.1 Å². The predicted octanol–water partition coefficient (Wildman–Crippen LogP) is 5.84. The van der Waals surface area contributed by atoms with E-state index in [2.05, 4.69) is 69.0 Å². The third-order valence-electron chi connectivity index (χ3n) is 3.38. The average molecular weight is 252 g/mol. The third-order valence-corrected chi connectivity index (χ3v) is 3.38. The topological polar surface area (TPSA) is 0 Å². The molecule has 0 unspecified atom stereocenters. The van der Waals surface area contributed by atoms with Crippen molar-refractivity contribution in [3.63, 3.8) is 0 Å². The summed E-state index contributed by atoms with van der Waals surface area (Å²) in [7, 11) is 0. The Kier molecular flexibility index (Phi) is 5.57. The van der Waals surface area contributed by atoms with Gasteiger partial charge in [0.05, 0.1) is 0 Å². The molecule has 100 valence electrons. The molecule has 0 N–H and O–H groups in total. The molecule has 0 aromatic rings. The van der Waals surface area contributed by atoms with Crippen LogP contribution in [0.3, 0.4) is 0 Å². The highest BCUT2D eigenvalue weighted by molar-refractivity contribution is 5.59. The lowest BCUT2D eigenvalue weighted by Gasteiger charge is -2.16. The van der Waals surface area contributed by atoms with Crippen molar-refractivity contribution in [3.8, 4) is 0 Å². The molecular weight excluding hydrogens is 228 g/mol. The Bertz CT molecular complexity index is 528. The maximum absolute atomic E-state index is 4.11. The molecule has 0 radical (unpaired) electrons. The van der Waals surface area contributed by atoms with Crippen LogP contribution in [0, 0.1) is 0 Å². The molecule has 0 saturated carbocycles. The van der Waals surface area contributed by atoms with Gasteiger partial charge in [-0.2, -0.15) is 0 Å². The summed E-state index contributed by atoms with van der Waals surface area (Å²) in [6.07, 6.45) is 19.4. The van der Waals surface area contributed by atoms with Crippen LogP contribution in [-0.2, 0) is 0 Å². The summed E-state index contributed by atoms with van der Waals surface area (Å²) >= 11 is 0. The summed E-state index contributed by atoms with van der Waals surface area (Å²) in [5.41, 5.74) is 6.49. The summed E-state index contributed by atoms with van der Waals surface area (Å²) in [5.74, 6) is 0. The van der Waals surface area contributed by atoms with Crippen LogP contribution in [0.5, 0.6) is 0 Å². The monoisotopic (exact) mass is 252 g/mol. The van der Waals surface area contributed by atoms with Gasteiger partial charge < -0.3 is 0 Å². The molecule has 0 nitrogen and oxygen atoms in total. The third kappa shape index (κ3) is 3.57. The predicted molar refractivity (Wildman–Crippen MR) is 87.1 cm³/mol. The van der Waals surface area contributed by atoms with Crippen LogP contribution < -0.4 is 0 Å². The largest absolute Gasteiger partial charge is 0.0955 e. The minimum absolute atomic E-state index is 0. The van der Waals surface area contributed by atoms with Gasteiger partial charge in [0.2, 0.25) is 0 Å². The van der Waals surface area contributed by atoms with E-state index < -0.39 is 0 Å². The minimum Gasteiger partial charge on any atom is -0.0955 e. The van der Waals surface area contributed by atoms with Gasteiger partial charge in [-0.3, -0.25) is 0 Å². The second-order valence-electron chi connectivity index (χ2n) is 4.78. The highest BCUT2D eigenvalue weighted by atomic mass is 14.2. The maximum atomic E-state index is 4.11. The van der Waals surface area contributed by atoms with Gasteiger partial charge in [0.15, 0.2) is 0 Å². The second kappa shape index (κ2) is 6.94. The van der Waals surface area contributed by atoms with Crippen LogP contribution in [0.2, 0.25) is 0 Å². The normalized spacial score (nSPS) is 20.1. The second-order valence-corrected chi connectivity index (χ2v) is 4.78. The number of rotatable bonds is 2. The fraction of sp³-hybridized carbons (Fsp3) is 0.263. The number of hydrogen-bond acceptors (Lipinski definition) is 0. The highest BCUT2D eigenvalue weighted by Gasteiger charge is 2.12. The molecule has 2 aliphatic rings. The first-order chi connectivity index (χ1) is 8.70. The first-order valence-electron chi connectivity index (χ1n) is 6.46. The van der Waals surface area contributed by atoms with Crippen LogP contribution in [0.1, 0.15) is 34.1 Å². The summed E-state index contributed by atoms with van der Waals surface area (Å²) in [6, 6.07) is 0. The zero-order valence-electron chi connectivity index (χ0n) is 11.2. The van der Waals surface area contributed by atoms with Crippen molar-refractivity contribution in [2.45, 2.75) is 34.1 Å². The molecule has 0 aromatic heterocycles. The van der Waals surface area contributed by atoms with E-state index in [1.807, 2.05) is 0 Å². The molecule has 0 atom stereocenters. The molecule has 0 amide bonds. The summed E-state index contributed by atoms with van der Waals surface area (Å²) < 4.78 is 0. The van der Waals surface area contributed by atoms with E-state index in [4.69, 9.17) is 0 Å². The molecule has 19 heavy (non-hydrogen) atoms. The van der Waals surface area contributed by atoms with Crippen molar-refractivity contribution in [2.24, 2.45) is 0 Å². The van der Waals surface area contributed by atoms with Gasteiger partial charge in [-0.05, 0) is 49.0 Å². The molecule has 0 bridgehead atoms. The molecule has 0 heteroatoms. The number of hydrogen-bond donors (Lipinski definition) is 0. The fourth-order valence-corrected chi connectivity index (χ4v) is 2.32. The van der Waals surface area contributed by atoms with Gasteiger partial charge in [0, 0.05) is 0 Å². The molecule has 0 aromatic carbocycles. The van der Waals surface area contributed by atoms with E-state index in [1.165, 1.54) is 22.3 Å². The van der Waals surface area contributed by atoms with E-state index >= 15 is 0 Å². The van der Waals surface area contributed by atoms with Crippen molar-refractivity contribution >= 4 is 0 Å². The summed E-state index contributed by atoms with van der Waals surface area (Å²) in [5, 5.41) is 0. The Morgan fingerprint density at radius 2 is 1.84 bits per heavy atom. The van der Waals surface area contributed by atoms with Crippen LogP contribution in [0.25, 0.3) is 0 Å². The van der Waals surface area contributed by atoms with Crippen LogP contribution in [-0.4, -0.2) is 0 Å². The standard InChI is InChI=1S/C18H20.CH4/c1-14(2)17-12-8-5-9-13-18(17)15(3)16-10-6-4-7-11-16;/h4-7,9-10,12-13H,1,8,11H2,2-3H3;1H4/b16-15-;. The number of allylic oxidation sites excluding steroid dienone is 13. The molecule has 0 aliphatic heterocycles. The zero-order valence-corrected chi connectivity index (χ0v) is 11.2. The first-order valence-corrected chi connectivity index (χ1v) is 6.46. The van der Waals surface area contributed by atoms with Crippen molar-refractivity contribution in [3.05, 3.63) is 83.1 Å². The molecule has 0 fully saturated rings. The van der Waals surface area contributed by atoms with Crippen molar-refractivity contribution in [1.29, 1.82) is 0 Å². The lowest BCUT2D eigenvalue weighted by Crippen LogP contribution is -1.97. The van der Waals surface area contributed by atoms with Gasteiger partial charge in [-0.25, -0.2) is 0 Å². The van der Waals surface area contributed by atoms with E-state index in [0.29, 0.717) is 0 Å². The van der Waals surface area contributed by atoms with E-state index in [9.17, 15) is 0 Å². The van der Waals surface area contributed by atoms with Gasteiger partial charge >= 0.3 is 0 Å². The van der Waals surface area contributed by atoms with E-state index in [1.54, 1.807) is 0 Å². The Labute approximate surface area is 117 Å². The van der Waals surface area contributed by atoms with Crippen LogP contribution in [0.4, 0.5) is 0 Å². The lowest BCUT2D eigenvalue weighted by molar-refractivity contribution is 1.17. The maximum Gasteiger partial charge on any atom is -0.00915 e. The Morgan fingerprint density at radius 3 is 2.47 bits per heavy atom. The Balaban J connectivity index is 0.00000180. The van der Waals surface area contributed by atoms with Gasteiger partial charge in [-0.15, -0.1) is 0 Å². The van der Waals surface area contributed by atoms with Gasteiger partial charge in [0.1, 0.15) is 0 Å². The summed E-state index contributed by atoms with van der Waals surface area (Å²) in [4.78, 5) is 0. The molecule has 0 heterocycles. The molecule has 0 spiro atoms. The summed E-state index contributed by atoms with van der Waals surface area (Å²) in [6.45, 7) is 8.40. The van der Waals surface area contributed by atoms with Crippen LogP contribution >= 0.6 is 0 Å². The van der Waals surface area contributed by atoms with E-state index in [-0.39, 0.29) is 7.43 Å². The average Bonchev–Trinajstić information content (AvgIpc) is 2.64. The van der Waals surface area contributed by atoms with Crippen molar-refractivity contribution in [1.82, 2.24) is 0 Å². The van der Waals surface area contributed by atoms with Crippen molar-refractivity contribution < 1.29 is 0 Å². The Hall–Kier alpha value is -1.82.